The lowest BCUT2D eigenvalue weighted by Gasteiger charge is -2.40. The van der Waals surface area contributed by atoms with Gasteiger partial charge in [-0.05, 0) is 58.3 Å². The Kier molecular flexibility index (Phi) is 17.5. The maximum atomic E-state index is 11.5. The fraction of sp³-hybridized carbons (Fsp3) is 0.938. The summed E-state index contributed by atoms with van der Waals surface area (Å²) >= 11 is 0. The maximum Gasteiger partial charge on any atom is 0.302 e. The first kappa shape index (κ1) is 36.9. The van der Waals surface area contributed by atoms with Crippen LogP contribution in [0.1, 0.15) is 131 Å². The van der Waals surface area contributed by atoms with Crippen molar-refractivity contribution in [3.05, 3.63) is 0 Å². The largest absolute Gasteiger partial charge is 0.463 e. The summed E-state index contributed by atoms with van der Waals surface area (Å²) in [6.45, 7) is 10.8. The molecule has 2 aliphatic heterocycles. The molecule has 2 heterocycles. The SMILES string of the molecule is CCCC1OC(CC)CC(CC2CC(CCC(O)CC(O)CCC(CC(C)OC(C)=O)OC(C)=O)OC(CCC)O2)O1. The van der Waals surface area contributed by atoms with Crippen molar-refractivity contribution in [1.82, 2.24) is 0 Å². The molecule has 2 aliphatic rings. The Morgan fingerprint density at radius 3 is 1.79 bits per heavy atom. The molecule has 10 unspecified atom stereocenters. The van der Waals surface area contributed by atoms with Crippen molar-refractivity contribution in [2.24, 2.45) is 0 Å². The Hall–Kier alpha value is -1.30. The molecule has 10 nitrogen and oxygen atoms in total. The second-order valence-electron chi connectivity index (χ2n) is 12.2. The van der Waals surface area contributed by atoms with Crippen LogP contribution in [0.25, 0.3) is 0 Å². The molecule has 2 rings (SSSR count). The van der Waals surface area contributed by atoms with E-state index in [2.05, 4.69) is 20.8 Å². The molecule has 0 aliphatic carbocycles. The van der Waals surface area contributed by atoms with Gasteiger partial charge in [0.15, 0.2) is 12.6 Å². The fourth-order valence-corrected chi connectivity index (χ4v) is 5.99. The molecule has 42 heavy (non-hydrogen) atoms. The smallest absolute Gasteiger partial charge is 0.302 e. The van der Waals surface area contributed by atoms with Crippen LogP contribution in [0.3, 0.4) is 0 Å². The maximum absolute atomic E-state index is 11.5. The van der Waals surface area contributed by atoms with E-state index in [9.17, 15) is 19.8 Å². The van der Waals surface area contributed by atoms with Crippen molar-refractivity contribution in [2.75, 3.05) is 0 Å². The summed E-state index contributed by atoms with van der Waals surface area (Å²) < 4.78 is 35.4. The van der Waals surface area contributed by atoms with Crippen molar-refractivity contribution in [2.45, 2.75) is 193 Å². The Morgan fingerprint density at radius 1 is 0.714 bits per heavy atom. The first-order chi connectivity index (χ1) is 20.0. The normalized spacial score (nSPS) is 29.3. The average Bonchev–Trinajstić information content (AvgIpc) is 2.90. The number of carbonyl (C=O) groups excluding carboxylic acids is 2. The third kappa shape index (κ3) is 14.9. The lowest BCUT2D eigenvalue weighted by Crippen LogP contribution is -2.44. The summed E-state index contributed by atoms with van der Waals surface area (Å²) in [6, 6.07) is 0. The topological polar surface area (TPSA) is 130 Å². The van der Waals surface area contributed by atoms with Gasteiger partial charge in [0, 0.05) is 39.5 Å². The number of carbonyl (C=O) groups is 2. The van der Waals surface area contributed by atoms with Crippen LogP contribution in [-0.2, 0) is 38.0 Å². The number of hydrogen-bond acceptors (Lipinski definition) is 10. The predicted octanol–water partition coefficient (Wildman–Crippen LogP) is 5.33. The minimum atomic E-state index is -0.744. The predicted molar refractivity (Wildman–Crippen MR) is 158 cm³/mol. The molecule has 246 valence electrons. The second kappa shape index (κ2) is 19.9. The van der Waals surface area contributed by atoms with Gasteiger partial charge in [0.25, 0.3) is 0 Å². The first-order valence-corrected chi connectivity index (χ1v) is 16.3. The number of ether oxygens (including phenoxy) is 6. The van der Waals surface area contributed by atoms with Crippen LogP contribution in [0.5, 0.6) is 0 Å². The van der Waals surface area contributed by atoms with E-state index in [-0.39, 0.29) is 43.4 Å². The van der Waals surface area contributed by atoms with Crippen molar-refractivity contribution < 1.29 is 48.2 Å². The van der Waals surface area contributed by atoms with E-state index < -0.39 is 36.4 Å². The Balaban J connectivity index is 1.83. The zero-order valence-electron chi connectivity index (χ0n) is 26.8. The molecule has 2 N–H and O–H groups in total. The Bertz CT molecular complexity index is 764. The van der Waals surface area contributed by atoms with Crippen molar-refractivity contribution >= 4 is 11.9 Å². The first-order valence-electron chi connectivity index (χ1n) is 16.3. The van der Waals surface area contributed by atoms with Gasteiger partial charge in [-0.3, -0.25) is 9.59 Å². The molecule has 0 aromatic rings. The molecule has 0 amide bonds. The summed E-state index contributed by atoms with van der Waals surface area (Å²) in [4.78, 5) is 22.7. The van der Waals surface area contributed by atoms with E-state index in [1.54, 1.807) is 6.92 Å². The molecule has 0 bridgehead atoms. The van der Waals surface area contributed by atoms with Gasteiger partial charge in [0.2, 0.25) is 0 Å². The van der Waals surface area contributed by atoms with Crippen LogP contribution < -0.4 is 0 Å². The van der Waals surface area contributed by atoms with Gasteiger partial charge in [-0.15, -0.1) is 0 Å². The molecule has 0 aromatic heterocycles. The van der Waals surface area contributed by atoms with E-state index in [4.69, 9.17) is 28.4 Å². The molecule has 0 radical (unpaired) electrons. The zero-order valence-corrected chi connectivity index (χ0v) is 26.8. The quantitative estimate of drug-likeness (QED) is 0.187. The highest BCUT2D eigenvalue weighted by molar-refractivity contribution is 5.66. The van der Waals surface area contributed by atoms with Crippen LogP contribution in [0.4, 0.5) is 0 Å². The third-order valence-corrected chi connectivity index (χ3v) is 7.94. The van der Waals surface area contributed by atoms with E-state index in [1.807, 2.05) is 0 Å². The van der Waals surface area contributed by atoms with Crippen LogP contribution >= 0.6 is 0 Å². The van der Waals surface area contributed by atoms with Gasteiger partial charge in [0.1, 0.15) is 12.2 Å². The van der Waals surface area contributed by atoms with E-state index >= 15 is 0 Å². The molecular formula is C32H58O10. The summed E-state index contributed by atoms with van der Waals surface area (Å²) in [5.74, 6) is -0.814. The minimum Gasteiger partial charge on any atom is -0.463 e. The highest BCUT2D eigenvalue weighted by atomic mass is 16.7. The zero-order chi connectivity index (χ0) is 31.1. The summed E-state index contributed by atoms with van der Waals surface area (Å²) in [5.41, 5.74) is 0. The van der Waals surface area contributed by atoms with Gasteiger partial charge in [0.05, 0.1) is 36.6 Å². The number of aliphatic hydroxyl groups excluding tert-OH is 2. The third-order valence-electron chi connectivity index (χ3n) is 7.94. The monoisotopic (exact) mass is 602 g/mol. The summed E-state index contributed by atoms with van der Waals surface area (Å²) in [5, 5.41) is 21.3. The van der Waals surface area contributed by atoms with E-state index in [1.165, 1.54) is 13.8 Å². The molecule has 2 fully saturated rings. The molecule has 2 saturated heterocycles. The molecule has 0 aromatic carbocycles. The number of hydrogen-bond donors (Lipinski definition) is 2. The number of esters is 2. The van der Waals surface area contributed by atoms with Crippen LogP contribution in [0.2, 0.25) is 0 Å². The fourth-order valence-electron chi connectivity index (χ4n) is 5.99. The highest BCUT2D eigenvalue weighted by Gasteiger charge is 2.35. The van der Waals surface area contributed by atoms with Gasteiger partial charge in [-0.1, -0.05) is 33.6 Å². The van der Waals surface area contributed by atoms with Gasteiger partial charge < -0.3 is 38.6 Å². The number of rotatable bonds is 19. The summed E-state index contributed by atoms with van der Waals surface area (Å²) in [6.07, 6.45) is 7.20. The molecular weight excluding hydrogens is 544 g/mol. The molecule has 0 spiro atoms. The Morgan fingerprint density at radius 2 is 1.24 bits per heavy atom. The highest BCUT2D eigenvalue weighted by Crippen LogP contribution is 2.32. The van der Waals surface area contributed by atoms with Crippen LogP contribution in [0.15, 0.2) is 0 Å². The summed E-state index contributed by atoms with van der Waals surface area (Å²) in [7, 11) is 0. The number of aliphatic hydroxyl groups is 2. The van der Waals surface area contributed by atoms with Gasteiger partial charge in [-0.2, -0.15) is 0 Å². The Labute approximate surface area is 253 Å². The second-order valence-corrected chi connectivity index (χ2v) is 12.2. The van der Waals surface area contributed by atoms with E-state index in [0.29, 0.717) is 32.1 Å². The average molecular weight is 603 g/mol. The minimum absolute atomic E-state index is 0.0264. The van der Waals surface area contributed by atoms with Crippen molar-refractivity contribution in [3.63, 3.8) is 0 Å². The molecule has 10 atom stereocenters. The van der Waals surface area contributed by atoms with E-state index in [0.717, 1.165) is 51.4 Å². The molecule has 0 saturated carbocycles. The molecule has 10 heteroatoms. The lowest BCUT2D eigenvalue weighted by molar-refractivity contribution is -0.274. The van der Waals surface area contributed by atoms with Crippen molar-refractivity contribution in [1.29, 1.82) is 0 Å². The standard InChI is InChI=1S/C32H58O10/c1-7-10-31-39-26(9-3)18-29(41-31)20-30-19-28(40-32(42-30)11-8-2)15-13-25(36)17-24(35)12-14-27(38-23(6)34)16-21(4)37-22(5)33/h21,24-32,35-36H,7-20H2,1-6H3. The van der Waals surface area contributed by atoms with Crippen LogP contribution in [0, 0.1) is 0 Å². The van der Waals surface area contributed by atoms with Crippen LogP contribution in [-0.4, -0.2) is 83.6 Å². The van der Waals surface area contributed by atoms with Gasteiger partial charge >= 0.3 is 11.9 Å². The van der Waals surface area contributed by atoms with Crippen molar-refractivity contribution in [3.8, 4) is 0 Å². The lowest BCUT2D eigenvalue weighted by atomic mass is 9.95. The van der Waals surface area contributed by atoms with Gasteiger partial charge in [-0.25, -0.2) is 0 Å².